The molecule has 78 valence electrons. The van der Waals surface area contributed by atoms with Gasteiger partial charge in [-0.2, -0.15) is 0 Å². The number of hydrogen-bond acceptors (Lipinski definition) is 3. The van der Waals surface area contributed by atoms with Gasteiger partial charge in [0.05, 0.1) is 6.54 Å². The van der Waals surface area contributed by atoms with Crippen molar-refractivity contribution in [1.82, 2.24) is 0 Å². The largest absolute Gasteiger partial charge is 0.447 e. The first-order valence-corrected chi connectivity index (χ1v) is 5.16. The summed E-state index contributed by atoms with van der Waals surface area (Å²) in [4.78, 5) is 13.0. The van der Waals surface area contributed by atoms with Crippen LogP contribution in [-0.4, -0.2) is 25.8 Å². The highest BCUT2D eigenvalue weighted by Gasteiger charge is 2.24. The quantitative estimate of drug-likeness (QED) is 0.755. The zero-order chi connectivity index (χ0) is 10.3. The Hall–Kier alpha value is -1.71. The molecule has 1 aromatic rings. The molecule has 2 heterocycles. The van der Waals surface area contributed by atoms with Gasteiger partial charge >= 0.3 is 6.09 Å². The number of nitrogens with zero attached hydrogens (tertiary/aromatic N) is 1. The number of cyclic esters (lactones) is 1. The lowest BCUT2D eigenvalue weighted by Crippen LogP contribution is -2.23. The van der Waals surface area contributed by atoms with E-state index in [1.807, 2.05) is 12.1 Å². The molecule has 1 aromatic carbocycles. The van der Waals surface area contributed by atoms with Gasteiger partial charge in [0.15, 0.2) is 0 Å². The van der Waals surface area contributed by atoms with Gasteiger partial charge in [0.25, 0.3) is 0 Å². The fourth-order valence-electron chi connectivity index (χ4n) is 2.07. The van der Waals surface area contributed by atoms with Crippen LogP contribution in [0.4, 0.5) is 16.2 Å². The predicted octanol–water partition coefficient (Wildman–Crippen LogP) is 1.61. The molecule has 0 atom stereocenters. The van der Waals surface area contributed by atoms with Crippen molar-refractivity contribution < 1.29 is 9.53 Å². The normalized spacial score (nSPS) is 18.7. The Morgan fingerprint density at radius 1 is 1.40 bits per heavy atom. The van der Waals surface area contributed by atoms with E-state index in [4.69, 9.17) is 4.74 Å². The van der Waals surface area contributed by atoms with E-state index in [0.717, 1.165) is 24.3 Å². The number of hydrogen-bond donors (Lipinski definition) is 1. The van der Waals surface area contributed by atoms with Gasteiger partial charge in [-0.1, -0.05) is 6.07 Å². The Bertz CT molecular complexity index is 417. The summed E-state index contributed by atoms with van der Waals surface area (Å²) in [7, 11) is 0. The number of rotatable bonds is 1. The molecule has 3 rings (SSSR count). The molecule has 1 fully saturated rings. The molecule has 1 N–H and O–H groups in total. The van der Waals surface area contributed by atoms with Gasteiger partial charge in [-0.3, -0.25) is 4.90 Å². The molecule has 0 aliphatic carbocycles. The molecule has 0 spiro atoms. The molecule has 0 unspecified atom stereocenters. The third kappa shape index (κ3) is 1.33. The van der Waals surface area contributed by atoms with Crippen LogP contribution in [0.5, 0.6) is 0 Å². The molecule has 2 aliphatic heterocycles. The van der Waals surface area contributed by atoms with E-state index >= 15 is 0 Å². The number of benzene rings is 1. The average molecular weight is 204 g/mol. The van der Waals surface area contributed by atoms with Crippen molar-refractivity contribution in [2.24, 2.45) is 0 Å². The minimum Gasteiger partial charge on any atom is -0.447 e. The molecule has 0 aromatic heterocycles. The third-order valence-corrected chi connectivity index (χ3v) is 2.88. The highest BCUT2D eigenvalue weighted by atomic mass is 16.6. The molecule has 0 bridgehead atoms. The molecule has 1 saturated heterocycles. The summed E-state index contributed by atoms with van der Waals surface area (Å²) in [5, 5.41) is 3.30. The van der Waals surface area contributed by atoms with E-state index < -0.39 is 0 Å². The fraction of sp³-hybridized carbons (Fsp3) is 0.364. The molecular formula is C11H12N2O2. The first-order chi connectivity index (χ1) is 7.34. The minimum absolute atomic E-state index is 0.243. The Labute approximate surface area is 87.8 Å². The second-order valence-corrected chi connectivity index (χ2v) is 3.78. The minimum atomic E-state index is -0.243. The topological polar surface area (TPSA) is 41.6 Å². The molecule has 0 saturated carbocycles. The van der Waals surface area contributed by atoms with Crippen LogP contribution in [0.2, 0.25) is 0 Å². The average Bonchev–Trinajstić information content (AvgIpc) is 2.84. The van der Waals surface area contributed by atoms with Crippen molar-refractivity contribution >= 4 is 17.5 Å². The third-order valence-electron chi connectivity index (χ3n) is 2.88. The van der Waals surface area contributed by atoms with Crippen LogP contribution in [-0.2, 0) is 11.2 Å². The summed E-state index contributed by atoms with van der Waals surface area (Å²) in [5.74, 6) is 0. The summed E-state index contributed by atoms with van der Waals surface area (Å²) in [6, 6.07) is 6.09. The number of carbonyl (C=O) groups is 1. The van der Waals surface area contributed by atoms with E-state index in [-0.39, 0.29) is 6.09 Å². The van der Waals surface area contributed by atoms with Crippen LogP contribution < -0.4 is 10.2 Å². The molecule has 4 nitrogen and oxygen atoms in total. The van der Waals surface area contributed by atoms with Gasteiger partial charge in [0, 0.05) is 17.9 Å². The van der Waals surface area contributed by atoms with Crippen molar-refractivity contribution in [2.75, 3.05) is 29.9 Å². The maximum Gasteiger partial charge on any atom is 0.414 e. The summed E-state index contributed by atoms with van der Waals surface area (Å²) in [6.07, 6.45) is 0.827. The Kier molecular flexibility index (Phi) is 1.80. The molecular weight excluding hydrogens is 192 g/mol. The lowest BCUT2D eigenvalue weighted by Gasteiger charge is -2.13. The number of anilines is 2. The molecule has 4 heteroatoms. The van der Waals surface area contributed by atoms with E-state index in [1.54, 1.807) is 4.90 Å². The maximum absolute atomic E-state index is 11.4. The van der Waals surface area contributed by atoms with Gasteiger partial charge in [0.1, 0.15) is 6.61 Å². The van der Waals surface area contributed by atoms with E-state index in [2.05, 4.69) is 11.4 Å². The fourth-order valence-corrected chi connectivity index (χ4v) is 2.07. The smallest absolute Gasteiger partial charge is 0.414 e. The Morgan fingerprint density at radius 3 is 3.13 bits per heavy atom. The second kappa shape index (κ2) is 3.15. The van der Waals surface area contributed by atoms with Gasteiger partial charge in [-0.15, -0.1) is 0 Å². The molecule has 0 radical (unpaired) electrons. The van der Waals surface area contributed by atoms with Crippen LogP contribution >= 0.6 is 0 Å². The highest BCUT2D eigenvalue weighted by Crippen LogP contribution is 2.28. The number of ether oxygens (including phenoxy) is 1. The van der Waals surface area contributed by atoms with Crippen LogP contribution in [0.3, 0.4) is 0 Å². The van der Waals surface area contributed by atoms with Crippen LogP contribution in [0, 0.1) is 0 Å². The Morgan fingerprint density at radius 2 is 2.33 bits per heavy atom. The number of nitrogens with one attached hydrogen (secondary N) is 1. The standard InChI is InChI=1S/C11H12N2O2/c14-11-13(5-6-15-11)9-2-1-8-3-4-12-10(8)7-9/h1-2,7,12H,3-6H2. The first-order valence-electron chi connectivity index (χ1n) is 5.16. The number of fused-ring (bicyclic) bond motifs is 1. The van der Waals surface area contributed by atoms with Crippen molar-refractivity contribution in [3.63, 3.8) is 0 Å². The summed E-state index contributed by atoms with van der Waals surface area (Å²) in [5.41, 5.74) is 3.39. The maximum atomic E-state index is 11.4. The molecule has 2 aliphatic rings. The second-order valence-electron chi connectivity index (χ2n) is 3.78. The monoisotopic (exact) mass is 204 g/mol. The first kappa shape index (κ1) is 8.59. The SMILES string of the molecule is O=C1OCCN1c1ccc2c(c1)NCC2. The van der Waals surface area contributed by atoms with E-state index in [1.165, 1.54) is 5.56 Å². The van der Waals surface area contributed by atoms with Crippen molar-refractivity contribution in [3.8, 4) is 0 Å². The zero-order valence-corrected chi connectivity index (χ0v) is 8.32. The van der Waals surface area contributed by atoms with Gasteiger partial charge in [-0.25, -0.2) is 4.79 Å². The molecule has 1 amide bonds. The van der Waals surface area contributed by atoms with E-state index in [0.29, 0.717) is 13.2 Å². The molecule has 15 heavy (non-hydrogen) atoms. The lowest BCUT2D eigenvalue weighted by atomic mass is 10.1. The summed E-state index contributed by atoms with van der Waals surface area (Å²) >= 11 is 0. The predicted molar refractivity (Wildman–Crippen MR) is 57.3 cm³/mol. The van der Waals surface area contributed by atoms with Gasteiger partial charge < -0.3 is 10.1 Å². The zero-order valence-electron chi connectivity index (χ0n) is 8.32. The van der Waals surface area contributed by atoms with Crippen molar-refractivity contribution in [3.05, 3.63) is 23.8 Å². The van der Waals surface area contributed by atoms with Gasteiger partial charge in [-0.05, 0) is 24.1 Å². The van der Waals surface area contributed by atoms with Crippen molar-refractivity contribution in [1.29, 1.82) is 0 Å². The van der Waals surface area contributed by atoms with Crippen LogP contribution in [0.25, 0.3) is 0 Å². The number of amides is 1. The summed E-state index contributed by atoms with van der Waals surface area (Å²) in [6.45, 7) is 2.13. The Balaban J connectivity index is 1.95. The van der Waals surface area contributed by atoms with Crippen molar-refractivity contribution in [2.45, 2.75) is 6.42 Å². The highest BCUT2D eigenvalue weighted by molar-refractivity contribution is 5.90. The number of carbonyl (C=O) groups excluding carboxylic acids is 1. The van der Waals surface area contributed by atoms with Crippen LogP contribution in [0.15, 0.2) is 18.2 Å². The van der Waals surface area contributed by atoms with E-state index in [9.17, 15) is 4.79 Å². The summed E-state index contributed by atoms with van der Waals surface area (Å²) < 4.78 is 4.91. The van der Waals surface area contributed by atoms with Gasteiger partial charge in [0.2, 0.25) is 0 Å². The van der Waals surface area contributed by atoms with Crippen LogP contribution in [0.1, 0.15) is 5.56 Å². The lowest BCUT2D eigenvalue weighted by molar-refractivity contribution is 0.181.